The van der Waals surface area contributed by atoms with Crippen molar-refractivity contribution in [3.63, 3.8) is 0 Å². The molecule has 0 heterocycles. The Morgan fingerprint density at radius 2 is 1.62 bits per heavy atom. The first-order valence-corrected chi connectivity index (χ1v) is 6.31. The molecule has 0 aromatic rings. The van der Waals surface area contributed by atoms with Crippen LogP contribution in [0, 0.1) is 11.3 Å². The number of hydrogen-bond donors (Lipinski definition) is 0. The van der Waals surface area contributed by atoms with E-state index in [2.05, 4.69) is 20.8 Å². The van der Waals surface area contributed by atoms with Gasteiger partial charge in [-0.3, -0.25) is 0 Å². The van der Waals surface area contributed by atoms with E-state index in [0.717, 1.165) is 0 Å². The average molecular weight is 225 g/mol. The van der Waals surface area contributed by atoms with E-state index in [0.29, 0.717) is 17.7 Å². The van der Waals surface area contributed by atoms with Crippen molar-refractivity contribution in [2.24, 2.45) is 11.3 Å². The number of unbranched alkanes of at least 4 members (excludes halogenated alkanes) is 2. The summed E-state index contributed by atoms with van der Waals surface area (Å²) >= 11 is 12.0. The maximum atomic E-state index is 6.01. The molecule has 0 aliphatic rings. The van der Waals surface area contributed by atoms with Crippen molar-refractivity contribution < 1.29 is 0 Å². The zero-order valence-corrected chi connectivity index (χ0v) is 10.6. The van der Waals surface area contributed by atoms with Gasteiger partial charge in [-0.2, -0.15) is 0 Å². The van der Waals surface area contributed by atoms with Crippen LogP contribution in [0.4, 0.5) is 0 Å². The van der Waals surface area contributed by atoms with Gasteiger partial charge in [0, 0.05) is 11.8 Å². The second kappa shape index (κ2) is 6.95. The molecule has 0 atom stereocenters. The molecule has 0 nitrogen and oxygen atoms in total. The molecule has 0 aliphatic heterocycles. The van der Waals surface area contributed by atoms with E-state index in [1.807, 2.05) is 0 Å². The van der Waals surface area contributed by atoms with Crippen molar-refractivity contribution in [2.75, 3.05) is 11.8 Å². The van der Waals surface area contributed by atoms with Crippen LogP contribution in [-0.2, 0) is 0 Å². The predicted molar refractivity (Wildman–Crippen MR) is 62.9 cm³/mol. The highest BCUT2D eigenvalue weighted by Gasteiger charge is 2.31. The SMILES string of the molecule is CCCCCC(CCl)(CCl)C(C)C. The van der Waals surface area contributed by atoms with Crippen LogP contribution in [-0.4, -0.2) is 11.8 Å². The summed E-state index contributed by atoms with van der Waals surface area (Å²) in [4.78, 5) is 0. The van der Waals surface area contributed by atoms with Gasteiger partial charge in [-0.25, -0.2) is 0 Å². The highest BCUT2D eigenvalue weighted by atomic mass is 35.5. The Morgan fingerprint density at radius 1 is 1.08 bits per heavy atom. The first-order valence-electron chi connectivity index (χ1n) is 5.25. The quantitative estimate of drug-likeness (QED) is 0.435. The van der Waals surface area contributed by atoms with Crippen molar-refractivity contribution in [3.8, 4) is 0 Å². The summed E-state index contributed by atoms with van der Waals surface area (Å²) in [5, 5.41) is 0. The Labute approximate surface area is 93.0 Å². The molecule has 13 heavy (non-hydrogen) atoms. The van der Waals surface area contributed by atoms with E-state index in [4.69, 9.17) is 23.2 Å². The normalized spacial score (nSPS) is 12.5. The van der Waals surface area contributed by atoms with E-state index in [9.17, 15) is 0 Å². The Hall–Kier alpha value is 0.580. The maximum Gasteiger partial charge on any atom is 0.0293 e. The van der Waals surface area contributed by atoms with Gasteiger partial charge in [-0.1, -0.05) is 40.0 Å². The lowest BCUT2D eigenvalue weighted by molar-refractivity contribution is 0.231. The van der Waals surface area contributed by atoms with Gasteiger partial charge in [0.1, 0.15) is 0 Å². The van der Waals surface area contributed by atoms with E-state index in [1.165, 1.54) is 25.7 Å². The Kier molecular flexibility index (Phi) is 7.26. The van der Waals surface area contributed by atoms with Crippen LogP contribution >= 0.6 is 23.2 Å². The minimum atomic E-state index is 0.165. The Morgan fingerprint density at radius 3 is 1.92 bits per heavy atom. The maximum absolute atomic E-state index is 6.01. The molecule has 0 aliphatic carbocycles. The predicted octanol–water partition coefficient (Wildman–Crippen LogP) is 4.69. The second-order valence-electron chi connectivity index (χ2n) is 4.24. The smallest absolute Gasteiger partial charge is 0.0293 e. The van der Waals surface area contributed by atoms with E-state index >= 15 is 0 Å². The van der Waals surface area contributed by atoms with Crippen LogP contribution in [0.2, 0.25) is 0 Å². The van der Waals surface area contributed by atoms with Crippen LogP contribution in [0.25, 0.3) is 0 Å². The first-order chi connectivity index (χ1) is 6.13. The van der Waals surface area contributed by atoms with Crippen molar-refractivity contribution in [1.29, 1.82) is 0 Å². The monoisotopic (exact) mass is 224 g/mol. The van der Waals surface area contributed by atoms with Crippen LogP contribution in [0.3, 0.4) is 0 Å². The molecule has 0 amide bonds. The van der Waals surface area contributed by atoms with Gasteiger partial charge < -0.3 is 0 Å². The summed E-state index contributed by atoms with van der Waals surface area (Å²) in [6.45, 7) is 6.66. The third-order valence-electron chi connectivity index (χ3n) is 3.04. The van der Waals surface area contributed by atoms with Crippen molar-refractivity contribution in [2.45, 2.75) is 46.5 Å². The Bertz CT molecular complexity index is 117. The topological polar surface area (TPSA) is 0 Å². The second-order valence-corrected chi connectivity index (χ2v) is 4.78. The highest BCUT2D eigenvalue weighted by molar-refractivity contribution is 6.21. The zero-order chi connectivity index (χ0) is 10.3. The summed E-state index contributed by atoms with van der Waals surface area (Å²) in [6, 6.07) is 0. The lowest BCUT2D eigenvalue weighted by Gasteiger charge is -2.34. The fraction of sp³-hybridized carbons (Fsp3) is 1.00. The largest absolute Gasteiger partial charge is 0.126 e. The molecule has 0 unspecified atom stereocenters. The van der Waals surface area contributed by atoms with Gasteiger partial charge in [0.05, 0.1) is 0 Å². The molecule has 0 saturated heterocycles. The molecule has 2 heteroatoms. The molecule has 0 N–H and O–H groups in total. The zero-order valence-electron chi connectivity index (χ0n) is 9.08. The number of alkyl halides is 2. The van der Waals surface area contributed by atoms with E-state index in [-0.39, 0.29) is 5.41 Å². The molecule has 0 spiro atoms. The van der Waals surface area contributed by atoms with Gasteiger partial charge in [-0.15, -0.1) is 23.2 Å². The fourth-order valence-electron chi connectivity index (χ4n) is 1.49. The van der Waals surface area contributed by atoms with Gasteiger partial charge in [0.2, 0.25) is 0 Å². The van der Waals surface area contributed by atoms with Crippen LogP contribution in [0.5, 0.6) is 0 Å². The molecular weight excluding hydrogens is 203 g/mol. The minimum Gasteiger partial charge on any atom is -0.126 e. The van der Waals surface area contributed by atoms with Gasteiger partial charge >= 0.3 is 0 Å². The number of rotatable bonds is 7. The Balaban J connectivity index is 4.06. The average Bonchev–Trinajstić information content (AvgIpc) is 2.13. The standard InChI is InChI=1S/C11H22Cl2/c1-4-5-6-7-11(8-12,9-13)10(2)3/h10H,4-9H2,1-3H3. The van der Waals surface area contributed by atoms with Crippen molar-refractivity contribution >= 4 is 23.2 Å². The third-order valence-corrected chi connectivity index (χ3v) is 4.10. The van der Waals surface area contributed by atoms with Crippen LogP contribution in [0.15, 0.2) is 0 Å². The third kappa shape index (κ3) is 4.08. The lowest BCUT2D eigenvalue weighted by atomic mass is 9.76. The first kappa shape index (κ1) is 13.6. The van der Waals surface area contributed by atoms with Crippen LogP contribution in [0.1, 0.15) is 46.5 Å². The molecule has 0 rings (SSSR count). The van der Waals surface area contributed by atoms with Crippen molar-refractivity contribution in [3.05, 3.63) is 0 Å². The summed E-state index contributed by atoms with van der Waals surface area (Å²) in [6.07, 6.45) is 4.99. The number of hydrogen-bond acceptors (Lipinski definition) is 0. The molecule has 0 saturated carbocycles. The summed E-state index contributed by atoms with van der Waals surface area (Å²) in [7, 11) is 0. The van der Waals surface area contributed by atoms with Crippen molar-refractivity contribution in [1.82, 2.24) is 0 Å². The summed E-state index contributed by atoms with van der Waals surface area (Å²) in [5.41, 5.74) is 0.165. The van der Waals surface area contributed by atoms with Gasteiger partial charge in [0.25, 0.3) is 0 Å². The molecular formula is C11H22Cl2. The van der Waals surface area contributed by atoms with E-state index < -0.39 is 0 Å². The van der Waals surface area contributed by atoms with Gasteiger partial charge in [0.15, 0.2) is 0 Å². The molecule has 0 aromatic carbocycles. The van der Waals surface area contributed by atoms with Gasteiger partial charge in [-0.05, 0) is 17.8 Å². The fourth-order valence-corrected chi connectivity index (χ4v) is 2.66. The molecule has 0 radical (unpaired) electrons. The summed E-state index contributed by atoms with van der Waals surface area (Å²) < 4.78 is 0. The lowest BCUT2D eigenvalue weighted by Crippen LogP contribution is -2.31. The van der Waals surface area contributed by atoms with E-state index in [1.54, 1.807) is 0 Å². The number of halogens is 2. The highest BCUT2D eigenvalue weighted by Crippen LogP contribution is 2.36. The molecule has 0 fully saturated rings. The molecule has 0 aromatic heterocycles. The molecule has 80 valence electrons. The minimum absolute atomic E-state index is 0.165. The molecule has 0 bridgehead atoms. The summed E-state index contributed by atoms with van der Waals surface area (Å²) in [5.74, 6) is 1.97. The van der Waals surface area contributed by atoms with Crippen LogP contribution < -0.4 is 0 Å².